The van der Waals surface area contributed by atoms with Gasteiger partial charge in [-0.05, 0) is 141 Å². The molecule has 0 aromatic heterocycles. The SMILES string of the molecule is CC(=O)[O-].CCCCC1C(=O)OC(C(C)C(O)CCCN=C(N)N)C(C)/C=C(\C)CCCCC(O)CC(O)CC(O)CC(O)CC(O)C(O[C@H]2O[C@H](CO)[C@@H](O)[C@@H]2O)/C=C(\C)C(O)CCCC(O)CCCC(O)CCC(C)C1O. The molecule has 16 unspecified atom stereocenters. The van der Waals surface area contributed by atoms with Crippen molar-refractivity contribution in [3.63, 3.8) is 0 Å². The molecule has 22 heteroatoms. The van der Waals surface area contributed by atoms with E-state index in [4.69, 9.17) is 35.6 Å². The lowest BCUT2D eigenvalue weighted by atomic mass is 9.84. The third kappa shape index (κ3) is 30.8. The zero-order valence-corrected chi connectivity index (χ0v) is 48.3. The molecule has 22 nitrogen and oxygen atoms in total. The van der Waals surface area contributed by atoms with E-state index in [2.05, 4.69) is 4.99 Å². The molecule has 0 aromatic carbocycles. The van der Waals surface area contributed by atoms with Crippen LogP contribution in [-0.2, 0) is 23.8 Å². The molecule has 2 rings (SSSR count). The number of carbonyl (C=O) groups is 2. The number of nitrogens with zero attached hydrogens (tertiary/aromatic N) is 1. The first kappa shape index (κ1) is 74.1. The number of cyclic esters (lactones) is 1. The lowest BCUT2D eigenvalue weighted by molar-refractivity contribution is -0.302. The highest BCUT2D eigenvalue weighted by molar-refractivity contribution is 5.75. The molecule has 2 aliphatic rings. The number of hydrogen-bond acceptors (Lipinski definition) is 20. The Morgan fingerprint density at radius 1 is 0.759 bits per heavy atom. The summed E-state index contributed by atoms with van der Waals surface area (Å²) < 4.78 is 17.7. The summed E-state index contributed by atoms with van der Waals surface area (Å²) in [6.07, 6.45) is -7.42. The van der Waals surface area contributed by atoms with Crippen LogP contribution >= 0.6 is 0 Å². The van der Waals surface area contributed by atoms with Gasteiger partial charge in [0.1, 0.15) is 30.5 Å². The summed E-state index contributed by atoms with van der Waals surface area (Å²) in [4.78, 5) is 27.1. The van der Waals surface area contributed by atoms with Crippen molar-refractivity contribution in [2.45, 2.75) is 281 Å². The number of aliphatic hydroxyl groups is 13. The molecular formula is C57H106N3O19-. The molecule has 0 saturated carbocycles. The Morgan fingerprint density at radius 3 is 1.89 bits per heavy atom. The van der Waals surface area contributed by atoms with Crippen molar-refractivity contribution in [2.75, 3.05) is 13.2 Å². The number of ether oxygens (including phenoxy) is 3. The minimum Gasteiger partial charge on any atom is -0.550 e. The number of carboxylic acids is 1. The van der Waals surface area contributed by atoms with E-state index < -0.39 is 128 Å². The highest BCUT2D eigenvalue weighted by Crippen LogP contribution is 2.32. The van der Waals surface area contributed by atoms with Crippen LogP contribution in [-0.4, -0.2) is 195 Å². The summed E-state index contributed by atoms with van der Waals surface area (Å²) in [5, 5.41) is 150. The number of rotatable bonds is 12. The monoisotopic (exact) mass is 1140 g/mol. The number of esters is 1. The van der Waals surface area contributed by atoms with Gasteiger partial charge in [-0.2, -0.15) is 0 Å². The Labute approximate surface area is 469 Å². The fourth-order valence-electron chi connectivity index (χ4n) is 10.3. The summed E-state index contributed by atoms with van der Waals surface area (Å²) in [7, 11) is 0. The van der Waals surface area contributed by atoms with Crippen LogP contribution in [0, 0.1) is 23.7 Å². The standard InChI is InChI=1S/C55H103N3O17.C2H4O2/c1-7-8-19-43-49(69)33(3)22-23-38(61)17-11-16-37(60)18-12-20-44(66)34(4)26-47(73-54-51(71)50(70)48(31-59)74-54)46(68)30-42(65)29-41(64)28-40(63)27-39(62)15-10-9-14-32(2)25-35(5)52(75-53(43)72)36(6)45(67)21-13-24-58-55(56)57;1-2(3)4/h25-26,33,35-52,54,59-71H,7-24,27-31H2,1-6H3,(H4,56,57,58);1H3,(H,3,4)/p-1/b32-25+,34-26+;/t33?,35?,36?,37?,38?,39?,40?,41?,42?,43?,44?,45?,46?,47?,48-,49?,50-,51+,52?,54+;/m1./s1. The first-order valence-corrected chi connectivity index (χ1v) is 29.0. The summed E-state index contributed by atoms with van der Waals surface area (Å²) in [6, 6.07) is 0. The van der Waals surface area contributed by atoms with Crippen molar-refractivity contribution in [3.8, 4) is 0 Å². The summed E-state index contributed by atoms with van der Waals surface area (Å²) in [5.74, 6) is -3.73. The van der Waals surface area contributed by atoms with Crippen molar-refractivity contribution < 1.29 is 95.3 Å². The van der Waals surface area contributed by atoms with Crippen LogP contribution in [0.15, 0.2) is 28.3 Å². The van der Waals surface area contributed by atoms with Gasteiger partial charge >= 0.3 is 5.97 Å². The van der Waals surface area contributed by atoms with Gasteiger partial charge in [0, 0.05) is 30.8 Å². The maximum atomic E-state index is 14.2. The second-order valence-electron chi connectivity index (χ2n) is 22.7. The van der Waals surface area contributed by atoms with Crippen molar-refractivity contribution in [2.24, 2.45) is 40.1 Å². The van der Waals surface area contributed by atoms with Gasteiger partial charge in [-0.15, -0.1) is 0 Å². The number of carboxylic acid groups (broad SMARTS) is 1. The smallest absolute Gasteiger partial charge is 0.311 e. The molecule has 2 heterocycles. The average Bonchev–Trinajstić information content (AvgIpc) is 3.63. The van der Waals surface area contributed by atoms with Crippen LogP contribution in [0.5, 0.6) is 0 Å². The molecule has 0 amide bonds. The largest absolute Gasteiger partial charge is 0.550 e. The van der Waals surface area contributed by atoms with Gasteiger partial charge in [-0.1, -0.05) is 64.7 Å². The normalized spacial score (nSPS) is 37.1. The average molecular weight is 1140 g/mol. The number of unbranched alkanes of at least 4 members (excludes halogenated alkanes) is 1. The van der Waals surface area contributed by atoms with Gasteiger partial charge < -0.3 is 102 Å². The van der Waals surface area contributed by atoms with Crippen LogP contribution in [0.2, 0.25) is 0 Å². The van der Waals surface area contributed by atoms with Crippen LogP contribution in [0.1, 0.15) is 183 Å². The van der Waals surface area contributed by atoms with Gasteiger partial charge in [0.15, 0.2) is 12.2 Å². The number of hydrogen-bond donors (Lipinski definition) is 15. The van der Waals surface area contributed by atoms with Crippen LogP contribution in [0.4, 0.5) is 0 Å². The van der Waals surface area contributed by atoms with Gasteiger partial charge in [-0.25, -0.2) is 0 Å². The third-order valence-electron chi connectivity index (χ3n) is 15.2. The second-order valence-corrected chi connectivity index (χ2v) is 22.7. The van der Waals surface area contributed by atoms with Crippen molar-refractivity contribution in [1.82, 2.24) is 0 Å². The fraction of sp³-hybridized carbons (Fsp3) is 0.877. The van der Waals surface area contributed by atoms with Crippen LogP contribution in [0.25, 0.3) is 0 Å². The Balaban J connectivity index is 0.00000752. The number of carbonyl (C=O) groups excluding carboxylic acids is 2. The number of guanidine groups is 1. The molecular weight excluding hydrogens is 1030 g/mol. The van der Waals surface area contributed by atoms with E-state index in [0.717, 1.165) is 18.9 Å². The summed E-state index contributed by atoms with van der Waals surface area (Å²) in [5.41, 5.74) is 12.4. The lowest BCUT2D eigenvalue weighted by Gasteiger charge is -2.34. The van der Waals surface area contributed by atoms with Gasteiger partial charge in [-0.3, -0.25) is 9.79 Å². The molecule has 1 fully saturated rings. The number of allylic oxidation sites excluding steroid dienone is 1. The number of aliphatic hydroxyl groups excluding tert-OH is 13. The predicted octanol–water partition coefficient (Wildman–Crippen LogP) is 1.00. The highest BCUT2D eigenvalue weighted by Gasteiger charge is 2.45. The Bertz CT molecular complexity index is 1740. The molecule has 0 aliphatic carbocycles. The van der Waals surface area contributed by atoms with Crippen molar-refractivity contribution in [1.29, 1.82) is 0 Å². The number of nitrogens with two attached hydrogens (primary N) is 2. The molecule has 20 atom stereocenters. The van der Waals surface area contributed by atoms with E-state index in [1.807, 2.05) is 40.7 Å². The molecule has 464 valence electrons. The topological polar surface area (TPSA) is 412 Å². The quantitative estimate of drug-likeness (QED) is 0.0426. The molecule has 0 bridgehead atoms. The minimum atomic E-state index is -1.59. The first-order chi connectivity index (χ1) is 37.1. The molecule has 0 spiro atoms. The van der Waals surface area contributed by atoms with E-state index in [9.17, 15) is 71.2 Å². The molecule has 17 N–H and O–H groups in total. The van der Waals surface area contributed by atoms with Crippen molar-refractivity contribution in [3.05, 3.63) is 23.3 Å². The van der Waals surface area contributed by atoms with E-state index in [1.54, 1.807) is 6.92 Å². The van der Waals surface area contributed by atoms with Gasteiger partial charge in [0.25, 0.3) is 0 Å². The van der Waals surface area contributed by atoms with Gasteiger partial charge in [0.05, 0.1) is 73.6 Å². The predicted molar refractivity (Wildman–Crippen MR) is 295 cm³/mol. The maximum absolute atomic E-state index is 14.2. The lowest BCUT2D eigenvalue weighted by Crippen LogP contribution is -2.42. The summed E-state index contributed by atoms with van der Waals surface area (Å²) in [6.45, 7) is 11.9. The summed E-state index contributed by atoms with van der Waals surface area (Å²) >= 11 is 0. The van der Waals surface area contributed by atoms with E-state index in [-0.39, 0.29) is 49.9 Å². The van der Waals surface area contributed by atoms with E-state index in [1.165, 1.54) is 6.08 Å². The molecule has 79 heavy (non-hydrogen) atoms. The maximum Gasteiger partial charge on any atom is 0.311 e. The Morgan fingerprint density at radius 2 is 1.32 bits per heavy atom. The molecule has 0 radical (unpaired) electrons. The third-order valence-corrected chi connectivity index (χ3v) is 15.2. The number of aliphatic imine (C=N–C) groups is 1. The minimum absolute atomic E-state index is 0.0266. The van der Waals surface area contributed by atoms with E-state index in [0.29, 0.717) is 108 Å². The first-order valence-electron chi connectivity index (χ1n) is 29.0. The van der Waals surface area contributed by atoms with Crippen LogP contribution < -0.4 is 16.6 Å². The molecule has 1 saturated heterocycles. The van der Waals surface area contributed by atoms with Crippen LogP contribution in [0.3, 0.4) is 0 Å². The highest BCUT2D eigenvalue weighted by atomic mass is 16.7. The van der Waals surface area contributed by atoms with Crippen molar-refractivity contribution >= 4 is 17.9 Å². The zero-order valence-electron chi connectivity index (χ0n) is 48.3. The Kier molecular flexibility index (Phi) is 37.8. The molecule has 2 aliphatic heterocycles. The Hall–Kier alpha value is -2.91. The van der Waals surface area contributed by atoms with Gasteiger partial charge in [0.2, 0.25) is 0 Å². The molecule has 0 aromatic rings. The fourth-order valence-corrected chi connectivity index (χ4v) is 10.3. The number of aliphatic carboxylic acids is 1. The second kappa shape index (κ2) is 40.3. The van der Waals surface area contributed by atoms with E-state index >= 15 is 0 Å². The zero-order chi connectivity index (χ0) is 59.9.